The Morgan fingerprint density at radius 3 is 2.93 bits per heavy atom. The van der Waals surface area contributed by atoms with E-state index < -0.39 is 0 Å². The van der Waals surface area contributed by atoms with Gasteiger partial charge in [-0.1, -0.05) is 13.8 Å². The van der Waals surface area contributed by atoms with Crippen molar-refractivity contribution in [2.75, 3.05) is 11.9 Å². The molecule has 0 aliphatic rings. The van der Waals surface area contributed by atoms with Crippen molar-refractivity contribution in [3.63, 3.8) is 0 Å². The van der Waals surface area contributed by atoms with Gasteiger partial charge in [-0.25, -0.2) is 0 Å². The normalized spacial score (nSPS) is 11.8. The molecular formula is C10H19N5. The second-order valence-corrected chi connectivity index (χ2v) is 3.41. The molecule has 3 N–H and O–H groups in total. The molecule has 1 rings (SSSR count). The molecule has 0 fully saturated rings. The number of nitrogens with one attached hydrogen (secondary N) is 1. The van der Waals surface area contributed by atoms with E-state index in [0.717, 1.165) is 30.8 Å². The SMILES string of the molecule is CCCN=C(N)Nc1cn(C)nc1CC. The Balaban J connectivity index is 2.70. The van der Waals surface area contributed by atoms with Gasteiger partial charge in [-0.05, 0) is 12.8 Å². The first-order valence-electron chi connectivity index (χ1n) is 5.26. The zero-order valence-corrected chi connectivity index (χ0v) is 9.62. The van der Waals surface area contributed by atoms with Gasteiger partial charge in [0.25, 0.3) is 0 Å². The van der Waals surface area contributed by atoms with E-state index >= 15 is 0 Å². The van der Waals surface area contributed by atoms with Crippen LogP contribution in [0, 0.1) is 0 Å². The fourth-order valence-electron chi connectivity index (χ4n) is 1.31. The Labute approximate surface area is 90.4 Å². The van der Waals surface area contributed by atoms with Crippen LogP contribution in [0.15, 0.2) is 11.2 Å². The number of rotatable bonds is 4. The molecule has 0 atom stereocenters. The van der Waals surface area contributed by atoms with Gasteiger partial charge >= 0.3 is 0 Å². The standard InChI is InChI=1S/C10H19N5/c1-4-6-12-10(11)13-9-7-15(3)14-8(9)5-2/h7H,4-6H2,1-3H3,(H3,11,12,13). The number of aliphatic imine (C=N–C) groups is 1. The minimum atomic E-state index is 0.458. The molecule has 5 nitrogen and oxygen atoms in total. The van der Waals surface area contributed by atoms with Crippen molar-refractivity contribution in [2.45, 2.75) is 26.7 Å². The molecule has 0 saturated carbocycles. The Hall–Kier alpha value is -1.52. The fourth-order valence-corrected chi connectivity index (χ4v) is 1.31. The smallest absolute Gasteiger partial charge is 0.193 e. The lowest BCUT2D eigenvalue weighted by Gasteiger charge is -2.03. The van der Waals surface area contributed by atoms with Gasteiger partial charge in [-0.3, -0.25) is 9.67 Å². The average Bonchev–Trinajstić information content (AvgIpc) is 2.55. The number of hydrogen-bond acceptors (Lipinski definition) is 2. The third-order valence-electron chi connectivity index (χ3n) is 2.01. The van der Waals surface area contributed by atoms with Gasteiger partial charge in [-0.2, -0.15) is 5.10 Å². The lowest BCUT2D eigenvalue weighted by Crippen LogP contribution is -2.23. The Kier molecular flexibility index (Phi) is 4.15. The van der Waals surface area contributed by atoms with Crippen LogP contribution >= 0.6 is 0 Å². The topological polar surface area (TPSA) is 68.2 Å². The highest BCUT2D eigenvalue weighted by atomic mass is 15.3. The van der Waals surface area contributed by atoms with Crippen LogP contribution in [0.25, 0.3) is 0 Å². The summed E-state index contributed by atoms with van der Waals surface area (Å²) >= 11 is 0. The molecule has 0 radical (unpaired) electrons. The van der Waals surface area contributed by atoms with Crippen molar-refractivity contribution in [1.82, 2.24) is 9.78 Å². The number of guanidine groups is 1. The van der Waals surface area contributed by atoms with Crippen LogP contribution in [0.3, 0.4) is 0 Å². The molecule has 1 heterocycles. The highest BCUT2D eigenvalue weighted by molar-refractivity contribution is 5.92. The summed E-state index contributed by atoms with van der Waals surface area (Å²) in [5.74, 6) is 0.458. The van der Waals surface area contributed by atoms with Crippen molar-refractivity contribution in [1.29, 1.82) is 0 Å². The molecule has 1 aromatic heterocycles. The van der Waals surface area contributed by atoms with E-state index in [1.54, 1.807) is 4.68 Å². The van der Waals surface area contributed by atoms with Crippen LogP contribution in [0.4, 0.5) is 5.69 Å². The fraction of sp³-hybridized carbons (Fsp3) is 0.600. The van der Waals surface area contributed by atoms with Gasteiger partial charge in [0.05, 0.1) is 11.4 Å². The summed E-state index contributed by atoms with van der Waals surface area (Å²) in [6, 6.07) is 0. The van der Waals surface area contributed by atoms with Crippen molar-refractivity contribution < 1.29 is 0 Å². The van der Waals surface area contributed by atoms with E-state index in [2.05, 4.69) is 29.3 Å². The largest absolute Gasteiger partial charge is 0.370 e. The van der Waals surface area contributed by atoms with Gasteiger partial charge < -0.3 is 11.1 Å². The lowest BCUT2D eigenvalue weighted by molar-refractivity contribution is 0.746. The molecule has 0 aliphatic carbocycles. The number of aromatic nitrogens is 2. The molecular weight excluding hydrogens is 190 g/mol. The van der Waals surface area contributed by atoms with Gasteiger partial charge in [0.15, 0.2) is 5.96 Å². The van der Waals surface area contributed by atoms with Crippen LogP contribution in [0.5, 0.6) is 0 Å². The van der Waals surface area contributed by atoms with Gasteiger partial charge in [0.2, 0.25) is 0 Å². The summed E-state index contributed by atoms with van der Waals surface area (Å²) in [6.45, 7) is 4.88. The molecule has 0 unspecified atom stereocenters. The van der Waals surface area contributed by atoms with Crippen molar-refractivity contribution in [3.05, 3.63) is 11.9 Å². The molecule has 0 bridgehead atoms. The second-order valence-electron chi connectivity index (χ2n) is 3.41. The first-order chi connectivity index (χ1) is 7.17. The average molecular weight is 209 g/mol. The number of nitrogens with zero attached hydrogens (tertiary/aromatic N) is 3. The van der Waals surface area contributed by atoms with Crippen LogP contribution in [-0.4, -0.2) is 22.3 Å². The number of anilines is 1. The minimum absolute atomic E-state index is 0.458. The van der Waals surface area contributed by atoms with Crippen LogP contribution in [-0.2, 0) is 13.5 Å². The maximum Gasteiger partial charge on any atom is 0.193 e. The molecule has 0 amide bonds. The summed E-state index contributed by atoms with van der Waals surface area (Å²) in [6.07, 6.45) is 3.79. The van der Waals surface area contributed by atoms with E-state index in [1.165, 1.54) is 0 Å². The van der Waals surface area contributed by atoms with Crippen molar-refractivity contribution in [3.8, 4) is 0 Å². The van der Waals surface area contributed by atoms with E-state index in [4.69, 9.17) is 5.73 Å². The minimum Gasteiger partial charge on any atom is -0.370 e. The van der Waals surface area contributed by atoms with Crippen LogP contribution in [0.1, 0.15) is 26.0 Å². The summed E-state index contributed by atoms with van der Waals surface area (Å²) in [4.78, 5) is 4.17. The highest BCUT2D eigenvalue weighted by Gasteiger charge is 2.05. The van der Waals surface area contributed by atoms with Gasteiger partial charge in [0.1, 0.15) is 0 Å². The molecule has 1 aromatic rings. The second kappa shape index (κ2) is 5.38. The number of nitrogens with two attached hydrogens (primary N) is 1. The molecule has 0 aliphatic heterocycles. The zero-order valence-electron chi connectivity index (χ0n) is 9.62. The van der Waals surface area contributed by atoms with E-state index in [9.17, 15) is 0 Å². The maximum atomic E-state index is 5.73. The molecule has 5 heteroatoms. The lowest BCUT2D eigenvalue weighted by atomic mass is 10.3. The van der Waals surface area contributed by atoms with Gasteiger partial charge in [0, 0.05) is 19.8 Å². The van der Waals surface area contributed by atoms with Crippen LogP contribution < -0.4 is 11.1 Å². The summed E-state index contributed by atoms with van der Waals surface area (Å²) < 4.78 is 1.77. The number of aryl methyl sites for hydroxylation is 2. The first-order valence-corrected chi connectivity index (χ1v) is 5.26. The van der Waals surface area contributed by atoms with E-state index in [0.29, 0.717) is 5.96 Å². The predicted molar refractivity (Wildman–Crippen MR) is 63.0 cm³/mol. The third kappa shape index (κ3) is 3.27. The Bertz CT molecular complexity index is 340. The maximum absolute atomic E-state index is 5.73. The first kappa shape index (κ1) is 11.6. The molecule has 0 saturated heterocycles. The van der Waals surface area contributed by atoms with E-state index in [1.807, 2.05) is 13.2 Å². The Morgan fingerprint density at radius 2 is 2.33 bits per heavy atom. The highest BCUT2D eigenvalue weighted by Crippen LogP contribution is 2.12. The molecule has 15 heavy (non-hydrogen) atoms. The van der Waals surface area contributed by atoms with E-state index in [-0.39, 0.29) is 0 Å². The Morgan fingerprint density at radius 1 is 1.60 bits per heavy atom. The molecule has 84 valence electrons. The summed E-state index contributed by atoms with van der Waals surface area (Å²) in [5.41, 5.74) is 7.68. The van der Waals surface area contributed by atoms with Gasteiger partial charge in [-0.15, -0.1) is 0 Å². The summed E-state index contributed by atoms with van der Waals surface area (Å²) in [5, 5.41) is 7.37. The number of hydrogen-bond donors (Lipinski definition) is 2. The molecule has 0 spiro atoms. The van der Waals surface area contributed by atoms with Crippen molar-refractivity contribution in [2.24, 2.45) is 17.8 Å². The zero-order chi connectivity index (χ0) is 11.3. The third-order valence-corrected chi connectivity index (χ3v) is 2.01. The quantitative estimate of drug-likeness (QED) is 0.576. The monoisotopic (exact) mass is 209 g/mol. The van der Waals surface area contributed by atoms with Crippen molar-refractivity contribution >= 4 is 11.6 Å². The predicted octanol–water partition coefficient (Wildman–Crippen LogP) is 1.12. The van der Waals surface area contributed by atoms with Crippen LogP contribution in [0.2, 0.25) is 0 Å². The molecule has 0 aromatic carbocycles. The summed E-state index contributed by atoms with van der Waals surface area (Å²) in [7, 11) is 1.89.